The molecular formula is C23H28N2O5. The molecule has 0 aliphatic carbocycles. The number of amides is 2. The third kappa shape index (κ3) is 7.00. The summed E-state index contributed by atoms with van der Waals surface area (Å²) in [6.45, 7) is 3.26. The van der Waals surface area contributed by atoms with Crippen molar-refractivity contribution in [2.75, 3.05) is 25.2 Å². The lowest BCUT2D eigenvalue weighted by Crippen LogP contribution is -2.44. The van der Waals surface area contributed by atoms with Gasteiger partial charge < -0.3 is 14.8 Å². The minimum atomic E-state index is -0.744. The molecule has 0 aliphatic heterocycles. The fraction of sp³-hybridized carbons (Fsp3) is 0.348. The van der Waals surface area contributed by atoms with Gasteiger partial charge in [-0.3, -0.25) is 14.5 Å². The van der Waals surface area contributed by atoms with Crippen LogP contribution in [0.4, 0.5) is 11.4 Å². The molecule has 160 valence electrons. The molecule has 1 N–H and O–H groups in total. The molecule has 0 spiro atoms. The molecule has 0 unspecified atom stereocenters. The highest BCUT2D eigenvalue weighted by Crippen LogP contribution is 2.25. The lowest BCUT2D eigenvalue weighted by Gasteiger charge is -2.23. The summed E-state index contributed by atoms with van der Waals surface area (Å²) < 4.78 is 10.1. The van der Waals surface area contributed by atoms with Crippen molar-refractivity contribution in [2.24, 2.45) is 5.92 Å². The largest absolute Gasteiger partial charge is 0.467 e. The van der Waals surface area contributed by atoms with Crippen LogP contribution in [0.1, 0.15) is 20.3 Å². The summed E-state index contributed by atoms with van der Waals surface area (Å²) >= 11 is 0. The van der Waals surface area contributed by atoms with E-state index in [4.69, 9.17) is 9.47 Å². The van der Waals surface area contributed by atoms with Crippen LogP contribution in [0.5, 0.6) is 0 Å². The number of carbonyl (C=O) groups excluding carboxylic acids is 3. The molecule has 0 bridgehead atoms. The first-order valence-electron chi connectivity index (χ1n) is 9.80. The smallest absolute Gasteiger partial charge is 0.328 e. The van der Waals surface area contributed by atoms with E-state index in [-0.39, 0.29) is 25.0 Å². The summed E-state index contributed by atoms with van der Waals surface area (Å²) in [5, 5.41) is 2.60. The molecule has 1 atom stereocenters. The van der Waals surface area contributed by atoms with Gasteiger partial charge in [0.2, 0.25) is 5.91 Å². The number of benzene rings is 2. The van der Waals surface area contributed by atoms with Crippen molar-refractivity contribution in [3.63, 3.8) is 0 Å². The zero-order valence-electron chi connectivity index (χ0n) is 17.5. The quantitative estimate of drug-likeness (QED) is 0.606. The van der Waals surface area contributed by atoms with E-state index in [0.29, 0.717) is 17.8 Å². The first-order valence-corrected chi connectivity index (χ1v) is 9.80. The van der Waals surface area contributed by atoms with Crippen molar-refractivity contribution < 1.29 is 23.9 Å². The number of para-hydroxylation sites is 2. The van der Waals surface area contributed by atoms with Crippen molar-refractivity contribution in [3.05, 3.63) is 60.7 Å². The van der Waals surface area contributed by atoms with E-state index < -0.39 is 17.9 Å². The summed E-state index contributed by atoms with van der Waals surface area (Å²) in [7, 11) is 1.28. The molecule has 0 heterocycles. The number of hydrogen-bond acceptors (Lipinski definition) is 5. The van der Waals surface area contributed by atoms with E-state index >= 15 is 0 Å². The monoisotopic (exact) mass is 412 g/mol. The molecule has 30 heavy (non-hydrogen) atoms. The molecular weight excluding hydrogens is 384 g/mol. The Hall–Kier alpha value is -3.19. The van der Waals surface area contributed by atoms with Gasteiger partial charge in [-0.25, -0.2) is 4.79 Å². The van der Waals surface area contributed by atoms with Gasteiger partial charge >= 0.3 is 5.97 Å². The lowest BCUT2D eigenvalue weighted by atomic mass is 10.0. The van der Waals surface area contributed by atoms with Crippen LogP contribution in [0, 0.1) is 5.92 Å². The first kappa shape index (κ1) is 23.1. The number of rotatable bonds is 10. The van der Waals surface area contributed by atoms with Crippen LogP contribution in [0.25, 0.3) is 0 Å². The lowest BCUT2D eigenvalue weighted by molar-refractivity contribution is -0.146. The van der Waals surface area contributed by atoms with E-state index in [9.17, 15) is 14.4 Å². The van der Waals surface area contributed by atoms with Crippen LogP contribution in [0.2, 0.25) is 0 Å². The first-order chi connectivity index (χ1) is 14.4. The molecule has 0 saturated carbocycles. The zero-order chi connectivity index (χ0) is 21.9. The van der Waals surface area contributed by atoms with Crippen molar-refractivity contribution in [1.29, 1.82) is 0 Å². The second-order valence-corrected chi connectivity index (χ2v) is 7.17. The van der Waals surface area contributed by atoms with Crippen LogP contribution in [0.3, 0.4) is 0 Å². The standard InChI is InChI=1S/C23H28N2O5/c1-17(2)14-20(23(28)29-3)24-21(26)15-30-16-22(27)25(18-10-6-4-7-11-18)19-12-8-5-9-13-19/h4-13,17,20H,14-16H2,1-3H3,(H,24,26)/t20-/m1/s1. The van der Waals surface area contributed by atoms with Gasteiger partial charge in [-0.2, -0.15) is 0 Å². The summed E-state index contributed by atoms with van der Waals surface area (Å²) in [6, 6.07) is 17.7. The highest BCUT2D eigenvalue weighted by molar-refractivity contribution is 6.01. The van der Waals surface area contributed by atoms with Crippen LogP contribution >= 0.6 is 0 Å². The van der Waals surface area contributed by atoms with Crippen LogP contribution in [-0.4, -0.2) is 44.1 Å². The molecule has 0 aliphatic rings. The van der Waals surface area contributed by atoms with E-state index in [0.717, 1.165) is 0 Å². The fourth-order valence-electron chi connectivity index (χ4n) is 2.95. The van der Waals surface area contributed by atoms with Crippen molar-refractivity contribution in [3.8, 4) is 0 Å². The van der Waals surface area contributed by atoms with E-state index in [1.165, 1.54) is 12.0 Å². The number of carbonyl (C=O) groups is 3. The van der Waals surface area contributed by atoms with Crippen LogP contribution in [0.15, 0.2) is 60.7 Å². The third-order valence-corrected chi connectivity index (χ3v) is 4.26. The SMILES string of the molecule is COC(=O)[C@@H](CC(C)C)NC(=O)COCC(=O)N(c1ccccc1)c1ccccc1. The van der Waals surface area contributed by atoms with Gasteiger partial charge in [0, 0.05) is 11.4 Å². The minimum absolute atomic E-state index is 0.196. The molecule has 0 radical (unpaired) electrons. The molecule has 0 aromatic heterocycles. The summed E-state index contributed by atoms with van der Waals surface area (Å²) in [5.74, 6) is -1.11. The maximum atomic E-state index is 12.8. The highest BCUT2D eigenvalue weighted by atomic mass is 16.5. The number of esters is 1. The number of methoxy groups -OCH3 is 1. The fourth-order valence-corrected chi connectivity index (χ4v) is 2.95. The Morgan fingerprint density at radius 2 is 1.43 bits per heavy atom. The Labute approximate surface area is 177 Å². The minimum Gasteiger partial charge on any atom is -0.467 e. The maximum Gasteiger partial charge on any atom is 0.328 e. The zero-order valence-corrected chi connectivity index (χ0v) is 17.5. The van der Waals surface area contributed by atoms with Gasteiger partial charge in [-0.15, -0.1) is 0 Å². The summed E-state index contributed by atoms with van der Waals surface area (Å²) in [6.07, 6.45) is 0.452. The predicted molar refractivity (Wildman–Crippen MR) is 114 cm³/mol. The normalized spacial score (nSPS) is 11.6. The van der Waals surface area contributed by atoms with Gasteiger partial charge in [0.25, 0.3) is 5.91 Å². The average molecular weight is 412 g/mol. The Morgan fingerprint density at radius 1 is 0.900 bits per heavy atom. The number of nitrogens with one attached hydrogen (secondary N) is 1. The summed E-state index contributed by atoms with van der Waals surface area (Å²) in [5.41, 5.74) is 1.40. The summed E-state index contributed by atoms with van der Waals surface area (Å²) in [4.78, 5) is 38.4. The second kappa shape index (κ2) is 11.7. The van der Waals surface area contributed by atoms with Crippen molar-refractivity contribution in [1.82, 2.24) is 5.32 Å². The molecule has 2 rings (SSSR count). The Kier molecular flexibility index (Phi) is 9.03. The molecule has 2 aromatic carbocycles. The number of anilines is 2. The van der Waals surface area contributed by atoms with Crippen molar-refractivity contribution in [2.45, 2.75) is 26.3 Å². The van der Waals surface area contributed by atoms with Gasteiger partial charge in [0.05, 0.1) is 7.11 Å². The van der Waals surface area contributed by atoms with E-state index in [2.05, 4.69) is 5.32 Å². The third-order valence-electron chi connectivity index (χ3n) is 4.26. The molecule has 2 amide bonds. The van der Waals surface area contributed by atoms with E-state index in [1.807, 2.05) is 74.5 Å². The topological polar surface area (TPSA) is 84.9 Å². The van der Waals surface area contributed by atoms with Crippen LogP contribution in [-0.2, 0) is 23.9 Å². The van der Waals surface area contributed by atoms with Gasteiger partial charge in [0.15, 0.2) is 0 Å². The molecule has 7 nitrogen and oxygen atoms in total. The average Bonchev–Trinajstić information content (AvgIpc) is 2.74. The maximum absolute atomic E-state index is 12.8. The second-order valence-electron chi connectivity index (χ2n) is 7.17. The highest BCUT2D eigenvalue weighted by Gasteiger charge is 2.23. The van der Waals surface area contributed by atoms with Gasteiger partial charge in [0.1, 0.15) is 19.3 Å². The Bertz CT molecular complexity index is 785. The number of ether oxygens (including phenoxy) is 2. The van der Waals surface area contributed by atoms with Crippen LogP contribution < -0.4 is 10.2 Å². The Balaban J connectivity index is 1.97. The van der Waals surface area contributed by atoms with Gasteiger partial charge in [-0.05, 0) is 36.6 Å². The Morgan fingerprint density at radius 3 is 1.90 bits per heavy atom. The van der Waals surface area contributed by atoms with Gasteiger partial charge in [-0.1, -0.05) is 50.2 Å². The van der Waals surface area contributed by atoms with Crippen molar-refractivity contribution >= 4 is 29.2 Å². The molecule has 7 heteroatoms. The van der Waals surface area contributed by atoms with E-state index in [1.54, 1.807) is 0 Å². The molecule has 2 aromatic rings. The molecule has 0 fully saturated rings. The number of nitrogens with zero attached hydrogens (tertiary/aromatic N) is 1. The number of hydrogen-bond donors (Lipinski definition) is 1. The molecule has 0 saturated heterocycles. The predicted octanol–water partition coefficient (Wildman–Crippen LogP) is 3.07.